The van der Waals surface area contributed by atoms with Crippen LogP contribution in [-0.4, -0.2) is 95.9 Å². The van der Waals surface area contributed by atoms with Crippen LogP contribution in [0.15, 0.2) is 17.4 Å². The van der Waals surface area contributed by atoms with Crippen molar-refractivity contribution < 1.29 is 0 Å². The third kappa shape index (κ3) is 4.61. The molecular formula is C22H39N7. The zero-order chi connectivity index (χ0) is 20.3. The first-order valence-corrected chi connectivity index (χ1v) is 11.5. The van der Waals surface area contributed by atoms with Gasteiger partial charge in [-0.1, -0.05) is 6.42 Å². The van der Waals surface area contributed by atoms with Crippen molar-refractivity contribution in [3.05, 3.63) is 18.0 Å². The fraction of sp³-hybridized carbons (Fsp3) is 0.818. The van der Waals surface area contributed by atoms with E-state index in [1.807, 2.05) is 25.0 Å². The summed E-state index contributed by atoms with van der Waals surface area (Å²) in [4.78, 5) is 12.4. The van der Waals surface area contributed by atoms with Crippen LogP contribution in [0.25, 0.3) is 0 Å². The van der Waals surface area contributed by atoms with Gasteiger partial charge in [-0.2, -0.15) is 5.10 Å². The Morgan fingerprint density at radius 1 is 1.14 bits per heavy atom. The minimum absolute atomic E-state index is 0.283. The van der Waals surface area contributed by atoms with Crippen LogP contribution in [0.3, 0.4) is 0 Å². The standard InChI is InChI=1S/C22H39N7/c1-23-21(28-12-7-19(17-28)20-15-25-27(3)16-20)24-18-22(8-13-26(2)14-9-22)29-10-5-4-6-11-29/h15-16,19H,4-14,17-18H2,1-3H3,(H,23,24). The third-order valence-corrected chi connectivity index (χ3v) is 7.42. The first kappa shape index (κ1) is 20.7. The maximum Gasteiger partial charge on any atom is 0.193 e. The number of aromatic nitrogens is 2. The summed E-state index contributed by atoms with van der Waals surface area (Å²) in [6, 6.07) is 0. The van der Waals surface area contributed by atoms with Crippen LogP contribution in [0.5, 0.6) is 0 Å². The molecule has 0 saturated carbocycles. The van der Waals surface area contributed by atoms with Crippen molar-refractivity contribution in [2.75, 3.05) is 59.9 Å². The quantitative estimate of drug-likeness (QED) is 0.615. The Bertz CT molecular complexity index is 683. The first-order chi connectivity index (χ1) is 14.1. The molecule has 3 saturated heterocycles. The van der Waals surface area contributed by atoms with Gasteiger partial charge in [0.05, 0.1) is 6.20 Å². The summed E-state index contributed by atoms with van der Waals surface area (Å²) in [5.74, 6) is 1.63. The zero-order valence-corrected chi connectivity index (χ0v) is 18.6. The number of rotatable bonds is 4. The molecule has 3 aliphatic heterocycles. The van der Waals surface area contributed by atoms with Crippen molar-refractivity contribution >= 4 is 5.96 Å². The van der Waals surface area contributed by atoms with Crippen LogP contribution in [0.4, 0.5) is 0 Å². The topological polar surface area (TPSA) is 51.9 Å². The van der Waals surface area contributed by atoms with Crippen molar-refractivity contribution in [1.82, 2.24) is 29.8 Å². The molecule has 0 radical (unpaired) electrons. The molecule has 1 unspecified atom stereocenters. The van der Waals surface area contributed by atoms with Crippen LogP contribution < -0.4 is 5.32 Å². The number of nitrogens with one attached hydrogen (secondary N) is 1. The second-order valence-corrected chi connectivity index (χ2v) is 9.36. The number of piperidine rings is 2. The number of aryl methyl sites for hydroxylation is 1. The number of hydrogen-bond donors (Lipinski definition) is 1. The van der Waals surface area contributed by atoms with Crippen LogP contribution in [0, 0.1) is 0 Å². The predicted molar refractivity (Wildman–Crippen MR) is 118 cm³/mol. The van der Waals surface area contributed by atoms with E-state index in [0.29, 0.717) is 5.92 Å². The molecule has 7 heteroatoms. The smallest absolute Gasteiger partial charge is 0.193 e. The molecule has 1 N–H and O–H groups in total. The number of guanidine groups is 1. The lowest BCUT2D eigenvalue weighted by atomic mass is 9.84. The van der Waals surface area contributed by atoms with Crippen molar-refractivity contribution in [3.8, 4) is 0 Å². The lowest BCUT2D eigenvalue weighted by Gasteiger charge is -2.50. The summed E-state index contributed by atoms with van der Waals surface area (Å²) in [6.07, 6.45) is 12.0. The average Bonchev–Trinajstić information content (AvgIpc) is 3.40. The molecule has 162 valence electrons. The molecule has 7 nitrogen and oxygen atoms in total. The van der Waals surface area contributed by atoms with E-state index in [9.17, 15) is 0 Å². The van der Waals surface area contributed by atoms with E-state index < -0.39 is 0 Å². The minimum atomic E-state index is 0.283. The van der Waals surface area contributed by atoms with Gasteiger partial charge in [-0.15, -0.1) is 0 Å². The van der Waals surface area contributed by atoms with Gasteiger partial charge in [-0.3, -0.25) is 14.6 Å². The van der Waals surface area contributed by atoms with Crippen LogP contribution >= 0.6 is 0 Å². The zero-order valence-electron chi connectivity index (χ0n) is 18.6. The van der Waals surface area contributed by atoms with Crippen LogP contribution in [-0.2, 0) is 7.05 Å². The molecule has 1 atom stereocenters. The Morgan fingerprint density at radius 2 is 1.90 bits per heavy atom. The van der Waals surface area contributed by atoms with E-state index in [4.69, 9.17) is 0 Å². The number of aliphatic imine (C=N–C) groups is 1. The Hall–Kier alpha value is -1.60. The van der Waals surface area contributed by atoms with Gasteiger partial charge >= 0.3 is 0 Å². The van der Waals surface area contributed by atoms with Crippen molar-refractivity contribution in [2.24, 2.45) is 12.0 Å². The van der Waals surface area contributed by atoms with E-state index in [2.05, 4.69) is 43.4 Å². The van der Waals surface area contributed by atoms with Crippen molar-refractivity contribution in [2.45, 2.75) is 50.0 Å². The summed E-state index contributed by atoms with van der Waals surface area (Å²) in [5.41, 5.74) is 1.64. The summed E-state index contributed by atoms with van der Waals surface area (Å²) < 4.78 is 1.91. The van der Waals surface area contributed by atoms with E-state index in [1.165, 1.54) is 70.3 Å². The maximum absolute atomic E-state index is 4.66. The van der Waals surface area contributed by atoms with Crippen LogP contribution in [0.2, 0.25) is 0 Å². The van der Waals surface area contributed by atoms with Gasteiger partial charge in [0.15, 0.2) is 5.96 Å². The molecule has 0 aromatic carbocycles. The van der Waals surface area contributed by atoms with Crippen molar-refractivity contribution in [1.29, 1.82) is 0 Å². The Kier molecular flexibility index (Phi) is 6.44. The van der Waals surface area contributed by atoms with E-state index in [-0.39, 0.29) is 5.54 Å². The normalized spacial score (nSPS) is 26.8. The molecule has 0 aliphatic carbocycles. The molecule has 4 heterocycles. The van der Waals surface area contributed by atoms with Gasteiger partial charge < -0.3 is 15.1 Å². The SMILES string of the molecule is CN=C(NCC1(N2CCCCC2)CCN(C)CC1)N1CCC(c2cnn(C)c2)C1. The van der Waals surface area contributed by atoms with Gasteiger partial charge in [-0.25, -0.2) is 0 Å². The summed E-state index contributed by atoms with van der Waals surface area (Å²) in [5, 5.41) is 8.16. The number of nitrogens with zero attached hydrogens (tertiary/aromatic N) is 6. The van der Waals surface area contributed by atoms with E-state index >= 15 is 0 Å². The molecule has 4 rings (SSSR count). The minimum Gasteiger partial charge on any atom is -0.354 e. The monoisotopic (exact) mass is 401 g/mol. The summed E-state index contributed by atoms with van der Waals surface area (Å²) in [6.45, 7) is 8.03. The van der Waals surface area contributed by atoms with Gasteiger partial charge in [0.2, 0.25) is 0 Å². The van der Waals surface area contributed by atoms with E-state index in [0.717, 1.165) is 25.6 Å². The molecule has 1 aromatic rings. The highest BCUT2D eigenvalue weighted by Gasteiger charge is 2.40. The van der Waals surface area contributed by atoms with Crippen molar-refractivity contribution in [3.63, 3.8) is 0 Å². The Labute approximate surface area is 176 Å². The first-order valence-electron chi connectivity index (χ1n) is 11.5. The number of likely N-dealkylation sites (tertiary alicyclic amines) is 3. The maximum atomic E-state index is 4.66. The second kappa shape index (κ2) is 9.04. The molecular weight excluding hydrogens is 362 g/mol. The third-order valence-electron chi connectivity index (χ3n) is 7.42. The van der Waals surface area contributed by atoms with Gasteiger partial charge in [0.25, 0.3) is 0 Å². The lowest BCUT2D eigenvalue weighted by molar-refractivity contribution is 0.0170. The molecule has 0 spiro atoms. The molecule has 0 amide bonds. The van der Waals surface area contributed by atoms with Gasteiger partial charge in [0.1, 0.15) is 0 Å². The predicted octanol–water partition coefficient (Wildman–Crippen LogP) is 1.74. The second-order valence-electron chi connectivity index (χ2n) is 9.36. The number of hydrogen-bond acceptors (Lipinski definition) is 4. The average molecular weight is 402 g/mol. The lowest BCUT2D eigenvalue weighted by Crippen LogP contribution is -2.62. The molecule has 29 heavy (non-hydrogen) atoms. The molecule has 3 fully saturated rings. The van der Waals surface area contributed by atoms with E-state index in [1.54, 1.807) is 0 Å². The molecule has 3 aliphatic rings. The van der Waals surface area contributed by atoms with Gasteiger partial charge in [0, 0.05) is 51.4 Å². The molecule has 0 bridgehead atoms. The summed E-state index contributed by atoms with van der Waals surface area (Å²) in [7, 11) is 6.19. The summed E-state index contributed by atoms with van der Waals surface area (Å²) >= 11 is 0. The Balaban J connectivity index is 1.39. The Morgan fingerprint density at radius 3 is 2.55 bits per heavy atom. The highest BCUT2D eigenvalue weighted by Crippen LogP contribution is 2.31. The fourth-order valence-corrected chi connectivity index (χ4v) is 5.46. The fourth-order valence-electron chi connectivity index (χ4n) is 5.46. The largest absolute Gasteiger partial charge is 0.354 e. The highest BCUT2D eigenvalue weighted by molar-refractivity contribution is 5.80. The highest BCUT2D eigenvalue weighted by atomic mass is 15.3. The van der Waals surface area contributed by atoms with Gasteiger partial charge in [-0.05, 0) is 70.9 Å². The molecule has 1 aromatic heterocycles. The van der Waals surface area contributed by atoms with Crippen LogP contribution in [0.1, 0.15) is 50.0 Å².